The van der Waals surface area contributed by atoms with E-state index in [4.69, 9.17) is 0 Å². The fraction of sp³-hybridized carbons (Fsp3) is 0.571. The van der Waals surface area contributed by atoms with E-state index in [2.05, 4.69) is 25.7 Å². The largest absolute Gasteiger partial charge is 0.618 e. The summed E-state index contributed by atoms with van der Waals surface area (Å²) in [7, 11) is 0. The van der Waals surface area contributed by atoms with Gasteiger partial charge in [0, 0.05) is 43.9 Å². The minimum absolute atomic E-state index is 0.125. The zero-order chi connectivity index (χ0) is 14.0. The first-order chi connectivity index (χ1) is 8.89. The number of aromatic nitrogens is 1. The molecule has 1 saturated heterocycles. The van der Waals surface area contributed by atoms with Crippen molar-refractivity contribution in [2.45, 2.75) is 26.3 Å². The van der Waals surface area contributed by atoms with Gasteiger partial charge in [0.25, 0.3) is 5.69 Å². The highest BCUT2D eigenvalue weighted by atomic mass is 16.5. The Morgan fingerprint density at radius 3 is 2.37 bits per heavy atom. The number of pyridine rings is 1. The summed E-state index contributed by atoms with van der Waals surface area (Å²) < 4.78 is 0.637. The van der Waals surface area contributed by atoms with Crippen LogP contribution in [0, 0.1) is 5.21 Å². The Labute approximate surface area is 114 Å². The van der Waals surface area contributed by atoms with Crippen molar-refractivity contribution < 1.29 is 9.52 Å². The van der Waals surface area contributed by atoms with Gasteiger partial charge in [-0.1, -0.05) is 0 Å². The van der Waals surface area contributed by atoms with E-state index in [1.807, 2.05) is 0 Å². The van der Waals surface area contributed by atoms with Gasteiger partial charge in [-0.05, 0) is 26.8 Å². The number of hydrogen-bond donors (Lipinski definition) is 0. The van der Waals surface area contributed by atoms with E-state index in [9.17, 15) is 10.0 Å². The Hall–Kier alpha value is -1.62. The maximum Gasteiger partial charge on any atom is 0.320 e. The van der Waals surface area contributed by atoms with Gasteiger partial charge in [-0.2, -0.15) is 4.73 Å². The van der Waals surface area contributed by atoms with E-state index >= 15 is 0 Å². The van der Waals surface area contributed by atoms with Crippen molar-refractivity contribution in [3.05, 3.63) is 35.3 Å². The Kier molecular flexibility index (Phi) is 3.75. The third-order valence-corrected chi connectivity index (χ3v) is 3.56. The van der Waals surface area contributed by atoms with Crippen molar-refractivity contribution in [3.63, 3.8) is 0 Å². The van der Waals surface area contributed by atoms with E-state index in [-0.39, 0.29) is 17.1 Å². The molecule has 1 amide bonds. The summed E-state index contributed by atoms with van der Waals surface area (Å²) in [6, 6.07) is 4.92. The van der Waals surface area contributed by atoms with E-state index < -0.39 is 0 Å². The fourth-order valence-corrected chi connectivity index (χ4v) is 2.34. The molecule has 5 nitrogen and oxygen atoms in total. The summed E-state index contributed by atoms with van der Waals surface area (Å²) in [4.78, 5) is 16.4. The molecule has 0 bridgehead atoms. The van der Waals surface area contributed by atoms with Crippen LogP contribution in [0.1, 0.15) is 31.3 Å². The summed E-state index contributed by atoms with van der Waals surface area (Å²) in [6.45, 7) is 9.56. The SMILES string of the molecule is CC(C)(C)N1CCN(C(=O)c2cccc[n+]2[O-])CC1. The molecule has 19 heavy (non-hydrogen) atoms. The van der Waals surface area contributed by atoms with Crippen molar-refractivity contribution >= 4 is 5.91 Å². The van der Waals surface area contributed by atoms with Crippen LogP contribution in [-0.4, -0.2) is 47.4 Å². The topological polar surface area (TPSA) is 50.5 Å². The molecule has 0 aliphatic carbocycles. The highest BCUT2D eigenvalue weighted by molar-refractivity contribution is 5.91. The van der Waals surface area contributed by atoms with Crippen LogP contribution in [0.3, 0.4) is 0 Å². The molecule has 0 unspecified atom stereocenters. The van der Waals surface area contributed by atoms with E-state index in [1.165, 1.54) is 6.20 Å². The number of nitrogens with zero attached hydrogens (tertiary/aromatic N) is 3. The molecule has 0 atom stereocenters. The molecule has 0 spiro atoms. The molecule has 2 heterocycles. The average molecular weight is 263 g/mol. The standard InChI is InChI=1S/C14H21N3O2/c1-14(2,3)16-10-8-15(9-11-16)13(18)12-6-4-5-7-17(12)19/h4-7H,8-11H2,1-3H3. The van der Waals surface area contributed by atoms with Gasteiger partial charge in [-0.25, -0.2) is 0 Å². The first-order valence-electron chi connectivity index (χ1n) is 6.62. The molecule has 1 aromatic heterocycles. The van der Waals surface area contributed by atoms with Crippen molar-refractivity contribution in [2.24, 2.45) is 0 Å². The lowest BCUT2D eigenvalue weighted by Crippen LogP contribution is -2.55. The van der Waals surface area contributed by atoms with Gasteiger partial charge in [-0.15, -0.1) is 0 Å². The maximum atomic E-state index is 12.3. The maximum absolute atomic E-state index is 12.3. The molecule has 2 rings (SSSR count). The zero-order valence-corrected chi connectivity index (χ0v) is 11.8. The summed E-state index contributed by atoms with van der Waals surface area (Å²) >= 11 is 0. The summed E-state index contributed by atoms with van der Waals surface area (Å²) in [5, 5.41) is 11.6. The summed E-state index contributed by atoms with van der Waals surface area (Å²) in [5.74, 6) is -0.177. The Morgan fingerprint density at radius 1 is 1.21 bits per heavy atom. The smallest absolute Gasteiger partial charge is 0.320 e. The van der Waals surface area contributed by atoms with Crippen LogP contribution >= 0.6 is 0 Å². The number of amides is 1. The third-order valence-electron chi connectivity index (χ3n) is 3.56. The number of carbonyl (C=O) groups is 1. The van der Waals surface area contributed by atoms with Crippen LogP contribution in [0.25, 0.3) is 0 Å². The Morgan fingerprint density at radius 2 is 1.84 bits per heavy atom. The lowest BCUT2D eigenvalue weighted by molar-refractivity contribution is -0.608. The molecule has 104 valence electrons. The number of hydrogen-bond acceptors (Lipinski definition) is 3. The van der Waals surface area contributed by atoms with Gasteiger partial charge in [0.2, 0.25) is 0 Å². The highest BCUT2D eigenvalue weighted by Crippen LogP contribution is 2.16. The Bertz CT molecular complexity index is 460. The Balaban J connectivity index is 2.03. The first-order valence-corrected chi connectivity index (χ1v) is 6.62. The third kappa shape index (κ3) is 3.04. The average Bonchev–Trinajstić information content (AvgIpc) is 2.38. The van der Waals surface area contributed by atoms with E-state index in [1.54, 1.807) is 23.1 Å². The number of carbonyl (C=O) groups excluding carboxylic acids is 1. The van der Waals surface area contributed by atoms with Crippen molar-refractivity contribution in [1.29, 1.82) is 0 Å². The highest BCUT2D eigenvalue weighted by Gasteiger charge is 2.30. The lowest BCUT2D eigenvalue weighted by atomic mass is 10.0. The van der Waals surface area contributed by atoms with Gasteiger partial charge in [-0.3, -0.25) is 9.69 Å². The van der Waals surface area contributed by atoms with Crippen LogP contribution in [0.4, 0.5) is 0 Å². The normalized spacial score (nSPS) is 17.5. The second-order valence-corrected chi connectivity index (χ2v) is 5.86. The van der Waals surface area contributed by atoms with Gasteiger partial charge >= 0.3 is 5.91 Å². The fourth-order valence-electron chi connectivity index (χ4n) is 2.34. The van der Waals surface area contributed by atoms with Gasteiger partial charge < -0.3 is 10.1 Å². The van der Waals surface area contributed by atoms with Crippen molar-refractivity contribution in [1.82, 2.24) is 9.80 Å². The first kappa shape index (κ1) is 13.8. The minimum atomic E-state index is -0.177. The van der Waals surface area contributed by atoms with Gasteiger partial charge in [0.1, 0.15) is 0 Å². The molecule has 0 saturated carbocycles. The second-order valence-electron chi connectivity index (χ2n) is 5.86. The van der Waals surface area contributed by atoms with Crippen LogP contribution in [0.5, 0.6) is 0 Å². The molecule has 0 radical (unpaired) electrons. The van der Waals surface area contributed by atoms with E-state index in [0.717, 1.165) is 13.1 Å². The van der Waals surface area contributed by atoms with Crippen LogP contribution < -0.4 is 4.73 Å². The predicted octanol–water partition coefficient (Wildman–Crippen LogP) is 0.876. The molecular weight excluding hydrogens is 242 g/mol. The minimum Gasteiger partial charge on any atom is -0.618 e. The quantitative estimate of drug-likeness (QED) is 0.558. The van der Waals surface area contributed by atoms with Crippen LogP contribution in [0.15, 0.2) is 24.4 Å². The summed E-state index contributed by atoms with van der Waals surface area (Å²) in [6.07, 6.45) is 1.36. The molecule has 1 aromatic rings. The van der Waals surface area contributed by atoms with Crippen molar-refractivity contribution in [2.75, 3.05) is 26.2 Å². The molecule has 0 N–H and O–H groups in total. The number of piperazine rings is 1. The molecule has 1 fully saturated rings. The van der Waals surface area contributed by atoms with Gasteiger partial charge in [0.15, 0.2) is 6.20 Å². The van der Waals surface area contributed by atoms with Crippen molar-refractivity contribution in [3.8, 4) is 0 Å². The van der Waals surface area contributed by atoms with Crippen LogP contribution in [0.2, 0.25) is 0 Å². The lowest BCUT2D eigenvalue weighted by Gasteiger charge is -2.41. The van der Waals surface area contributed by atoms with Crippen LogP contribution in [-0.2, 0) is 0 Å². The molecule has 5 heteroatoms. The molecule has 0 aromatic carbocycles. The number of rotatable bonds is 1. The van der Waals surface area contributed by atoms with Gasteiger partial charge in [0.05, 0.1) is 0 Å². The summed E-state index contributed by atoms with van der Waals surface area (Å²) in [5.41, 5.74) is 0.326. The molecule has 1 aliphatic heterocycles. The van der Waals surface area contributed by atoms with E-state index in [0.29, 0.717) is 17.8 Å². The predicted molar refractivity (Wildman–Crippen MR) is 72.6 cm³/mol. The zero-order valence-electron chi connectivity index (χ0n) is 11.8. The molecule has 1 aliphatic rings. The molecular formula is C14H21N3O2. The second kappa shape index (κ2) is 5.17. The monoisotopic (exact) mass is 263 g/mol.